The van der Waals surface area contributed by atoms with E-state index >= 15 is 0 Å². The van der Waals surface area contributed by atoms with E-state index in [2.05, 4.69) is 10.1 Å². The van der Waals surface area contributed by atoms with Gasteiger partial charge in [-0.1, -0.05) is 0 Å². The first kappa shape index (κ1) is 10.7. The van der Waals surface area contributed by atoms with Crippen molar-refractivity contribution in [2.45, 2.75) is 0 Å². The van der Waals surface area contributed by atoms with Crippen LogP contribution >= 0.6 is 0 Å². The average molecular weight is 234 g/mol. The van der Waals surface area contributed by atoms with Crippen LogP contribution in [0.15, 0.2) is 30.9 Å². The zero-order chi connectivity index (χ0) is 12.4. The molecule has 1 N–H and O–H groups in total. The quantitative estimate of drug-likeness (QED) is 0.623. The Balaban J connectivity index is 2.61. The van der Waals surface area contributed by atoms with Crippen LogP contribution < -0.4 is 0 Å². The summed E-state index contributed by atoms with van der Waals surface area (Å²) in [5.41, 5.74) is -0.267. The molecule has 0 atom stereocenters. The van der Waals surface area contributed by atoms with Crippen molar-refractivity contribution in [3.05, 3.63) is 46.5 Å². The van der Waals surface area contributed by atoms with Crippen molar-refractivity contribution in [3.8, 4) is 5.69 Å². The van der Waals surface area contributed by atoms with Crippen molar-refractivity contribution in [2.24, 2.45) is 0 Å². The lowest BCUT2D eigenvalue weighted by Crippen LogP contribution is -2.06. The summed E-state index contributed by atoms with van der Waals surface area (Å²) in [7, 11) is 0. The predicted molar refractivity (Wildman–Crippen MR) is 55.0 cm³/mol. The number of rotatable bonds is 3. The van der Waals surface area contributed by atoms with Gasteiger partial charge in [0.25, 0.3) is 5.69 Å². The zero-order valence-corrected chi connectivity index (χ0v) is 8.35. The Hall–Kier alpha value is -2.77. The Bertz CT molecular complexity index is 579. The third-order valence-corrected chi connectivity index (χ3v) is 2.09. The van der Waals surface area contributed by atoms with Crippen molar-refractivity contribution in [3.63, 3.8) is 0 Å². The van der Waals surface area contributed by atoms with Gasteiger partial charge in [-0.2, -0.15) is 5.10 Å². The summed E-state index contributed by atoms with van der Waals surface area (Å²) in [6, 6.07) is 3.51. The number of nitro groups is 1. The standard InChI is InChI=1S/C9H6N4O4/c14-9(15)7-3-6(13(16)17)1-2-8(7)12-5-10-4-11-12/h1-5H,(H,14,15). The van der Waals surface area contributed by atoms with Crippen LogP contribution in [-0.4, -0.2) is 30.8 Å². The highest BCUT2D eigenvalue weighted by atomic mass is 16.6. The first-order chi connectivity index (χ1) is 8.09. The summed E-state index contributed by atoms with van der Waals surface area (Å²) in [6.07, 6.45) is 2.56. The molecule has 17 heavy (non-hydrogen) atoms. The molecule has 1 aromatic carbocycles. The van der Waals surface area contributed by atoms with Crippen LogP contribution in [-0.2, 0) is 0 Å². The molecule has 0 saturated carbocycles. The van der Waals surface area contributed by atoms with Crippen LogP contribution in [0.3, 0.4) is 0 Å². The minimum Gasteiger partial charge on any atom is -0.478 e. The smallest absolute Gasteiger partial charge is 0.338 e. The van der Waals surface area contributed by atoms with Gasteiger partial charge in [0.1, 0.15) is 12.7 Å². The van der Waals surface area contributed by atoms with E-state index in [1.165, 1.54) is 29.5 Å². The molecule has 86 valence electrons. The highest BCUT2D eigenvalue weighted by molar-refractivity contribution is 5.92. The summed E-state index contributed by atoms with van der Waals surface area (Å²) in [5, 5.41) is 23.3. The van der Waals surface area contributed by atoms with E-state index in [1.54, 1.807) is 0 Å². The van der Waals surface area contributed by atoms with Crippen LogP contribution in [0.25, 0.3) is 5.69 Å². The number of non-ortho nitro benzene ring substituents is 1. The van der Waals surface area contributed by atoms with E-state index < -0.39 is 10.9 Å². The molecule has 0 unspecified atom stereocenters. The van der Waals surface area contributed by atoms with Gasteiger partial charge in [0.15, 0.2) is 0 Å². The van der Waals surface area contributed by atoms with Crippen LogP contribution in [0.5, 0.6) is 0 Å². The van der Waals surface area contributed by atoms with E-state index in [4.69, 9.17) is 5.11 Å². The molecule has 0 aliphatic rings. The summed E-state index contributed by atoms with van der Waals surface area (Å²) in [5.74, 6) is -1.26. The van der Waals surface area contributed by atoms with Gasteiger partial charge in [0.05, 0.1) is 16.2 Å². The molecule has 8 heteroatoms. The molecule has 0 radical (unpaired) electrons. The number of hydrogen-bond acceptors (Lipinski definition) is 5. The maximum atomic E-state index is 11.0. The monoisotopic (exact) mass is 234 g/mol. The minimum absolute atomic E-state index is 0.204. The molecule has 2 rings (SSSR count). The van der Waals surface area contributed by atoms with E-state index in [9.17, 15) is 14.9 Å². The summed E-state index contributed by atoms with van der Waals surface area (Å²) in [4.78, 5) is 24.6. The van der Waals surface area contributed by atoms with Gasteiger partial charge in [-0.05, 0) is 6.07 Å². The van der Waals surface area contributed by atoms with Gasteiger partial charge in [-0.25, -0.2) is 14.5 Å². The lowest BCUT2D eigenvalue weighted by molar-refractivity contribution is -0.384. The predicted octanol–water partition coefficient (Wildman–Crippen LogP) is 0.874. The Morgan fingerprint density at radius 2 is 2.24 bits per heavy atom. The summed E-state index contributed by atoms with van der Waals surface area (Å²) >= 11 is 0. The fraction of sp³-hybridized carbons (Fsp3) is 0. The lowest BCUT2D eigenvalue weighted by Gasteiger charge is -2.04. The third kappa shape index (κ3) is 1.95. The number of nitrogens with zero attached hydrogens (tertiary/aromatic N) is 4. The van der Waals surface area contributed by atoms with E-state index in [0.717, 1.165) is 6.07 Å². The molecule has 0 saturated heterocycles. The van der Waals surface area contributed by atoms with E-state index in [1.807, 2.05) is 0 Å². The van der Waals surface area contributed by atoms with Gasteiger partial charge in [-0.15, -0.1) is 0 Å². The van der Waals surface area contributed by atoms with Gasteiger partial charge < -0.3 is 5.11 Å². The largest absolute Gasteiger partial charge is 0.478 e. The van der Waals surface area contributed by atoms with Gasteiger partial charge in [0, 0.05) is 12.1 Å². The Labute approximate surface area is 94.3 Å². The summed E-state index contributed by atoms with van der Waals surface area (Å²) in [6.45, 7) is 0. The van der Waals surface area contributed by atoms with Gasteiger partial charge in [0.2, 0.25) is 0 Å². The molecular weight excluding hydrogens is 228 g/mol. The number of carboxylic acid groups (broad SMARTS) is 1. The van der Waals surface area contributed by atoms with E-state index in [-0.39, 0.29) is 16.9 Å². The maximum Gasteiger partial charge on any atom is 0.338 e. The SMILES string of the molecule is O=C(O)c1cc([N+](=O)[O-])ccc1-n1cncn1. The number of benzene rings is 1. The minimum atomic E-state index is -1.26. The van der Waals surface area contributed by atoms with Crippen LogP contribution in [0.1, 0.15) is 10.4 Å². The Kier molecular flexibility index (Phi) is 2.53. The topological polar surface area (TPSA) is 111 Å². The first-order valence-corrected chi connectivity index (χ1v) is 4.46. The van der Waals surface area contributed by atoms with Gasteiger partial charge >= 0.3 is 5.97 Å². The fourth-order valence-corrected chi connectivity index (χ4v) is 1.34. The molecule has 1 aromatic heterocycles. The van der Waals surface area contributed by atoms with Crippen molar-refractivity contribution in [1.82, 2.24) is 14.8 Å². The molecular formula is C9H6N4O4. The molecule has 0 fully saturated rings. The number of carboxylic acids is 1. The second kappa shape index (κ2) is 4.00. The molecule has 0 aliphatic carbocycles. The zero-order valence-electron chi connectivity index (χ0n) is 8.35. The lowest BCUT2D eigenvalue weighted by atomic mass is 10.1. The van der Waals surface area contributed by atoms with Crippen LogP contribution in [0.2, 0.25) is 0 Å². The number of aromatic carboxylic acids is 1. The second-order valence-electron chi connectivity index (χ2n) is 3.10. The molecule has 0 amide bonds. The molecule has 0 spiro atoms. The van der Waals surface area contributed by atoms with E-state index in [0.29, 0.717) is 0 Å². The maximum absolute atomic E-state index is 11.0. The highest BCUT2D eigenvalue weighted by Gasteiger charge is 2.17. The molecule has 2 aromatic rings. The second-order valence-corrected chi connectivity index (χ2v) is 3.10. The summed E-state index contributed by atoms with van der Waals surface area (Å²) < 4.78 is 1.23. The van der Waals surface area contributed by atoms with Crippen molar-refractivity contribution in [2.75, 3.05) is 0 Å². The number of carbonyl (C=O) groups is 1. The third-order valence-electron chi connectivity index (χ3n) is 2.09. The average Bonchev–Trinajstić information content (AvgIpc) is 2.81. The van der Waals surface area contributed by atoms with Crippen molar-refractivity contribution >= 4 is 11.7 Å². The van der Waals surface area contributed by atoms with Crippen LogP contribution in [0, 0.1) is 10.1 Å². The Morgan fingerprint density at radius 1 is 1.47 bits per heavy atom. The highest BCUT2D eigenvalue weighted by Crippen LogP contribution is 2.20. The molecule has 8 nitrogen and oxygen atoms in total. The van der Waals surface area contributed by atoms with Crippen molar-refractivity contribution < 1.29 is 14.8 Å². The van der Waals surface area contributed by atoms with Crippen molar-refractivity contribution in [1.29, 1.82) is 0 Å². The van der Waals surface area contributed by atoms with Gasteiger partial charge in [-0.3, -0.25) is 10.1 Å². The fourth-order valence-electron chi connectivity index (χ4n) is 1.34. The number of aromatic nitrogens is 3. The molecule has 0 bridgehead atoms. The first-order valence-electron chi connectivity index (χ1n) is 4.46. The molecule has 1 heterocycles. The Morgan fingerprint density at radius 3 is 2.76 bits per heavy atom. The normalized spacial score (nSPS) is 10.1. The van der Waals surface area contributed by atoms with Crippen LogP contribution in [0.4, 0.5) is 5.69 Å². The number of hydrogen-bond donors (Lipinski definition) is 1. The molecule has 0 aliphatic heterocycles. The number of nitro benzene ring substituents is 1.